The molecule has 0 aromatic carbocycles. The Hall–Kier alpha value is -0.610. The molecule has 2 aliphatic rings. The van der Waals surface area contributed by atoms with E-state index in [4.69, 9.17) is 10.5 Å². The minimum Gasteiger partial charge on any atom is -0.381 e. The van der Waals surface area contributed by atoms with Crippen LogP contribution in [-0.4, -0.2) is 42.6 Å². The van der Waals surface area contributed by atoms with Crippen molar-refractivity contribution in [2.24, 2.45) is 11.7 Å². The molecule has 1 aliphatic heterocycles. The van der Waals surface area contributed by atoms with Crippen LogP contribution in [0.15, 0.2) is 0 Å². The van der Waals surface area contributed by atoms with Crippen LogP contribution in [0.1, 0.15) is 32.6 Å². The van der Waals surface area contributed by atoms with Crippen molar-refractivity contribution in [2.75, 3.05) is 19.8 Å². The molecule has 4 nitrogen and oxygen atoms in total. The predicted octanol–water partition coefficient (Wildman–Crippen LogP) is 0.751. The van der Waals surface area contributed by atoms with E-state index in [0.717, 1.165) is 45.4 Å². The lowest BCUT2D eigenvalue weighted by Crippen LogP contribution is -2.46. The van der Waals surface area contributed by atoms with Gasteiger partial charge in [0, 0.05) is 25.1 Å². The number of nitrogens with two attached hydrogens (primary N) is 1. The van der Waals surface area contributed by atoms with E-state index < -0.39 is 0 Å². The number of hydrogen-bond donors (Lipinski definition) is 1. The van der Waals surface area contributed by atoms with Gasteiger partial charge in [-0.1, -0.05) is 6.92 Å². The molecule has 2 N–H and O–H groups in total. The molecule has 2 unspecified atom stereocenters. The van der Waals surface area contributed by atoms with Crippen molar-refractivity contribution in [2.45, 2.75) is 44.7 Å². The first kappa shape index (κ1) is 11.9. The normalized spacial score (nSPS) is 26.8. The van der Waals surface area contributed by atoms with Gasteiger partial charge >= 0.3 is 0 Å². The predicted molar refractivity (Wildman–Crippen MR) is 61.9 cm³/mol. The van der Waals surface area contributed by atoms with Crippen LogP contribution >= 0.6 is 0 Å². The molecule has 1 amide bonds. The number of hydrogen-bond acceptors (Lipinski definition) is 3. The highest BCUT2D eigenvalue weighted by Gasteiger charge is 2.36. The molecule has 1 aliphatic carbocycles. The van der Waals surface area contributed by atoms with Crippen molar-refractivity contribution in [3.63, 3.8) is 0 Å². The van der Waals surface area contributed by atoms with Crippen LogP contribution in [0.4, 0.5) is 0 Å². The van der Waals surface area contributed by atoms with Crippen LogP contribution in [0.5, 0.6) is 0 Å². The minimum atomic E-state index is -0.317. The maximum absolute atomic E-state index is 12.1. The molecule has 0 aromatic heterocycles. The summed E-state index contributed by atoms with van der Waals surface area (Å²) in [5, 5.41) is 0. The number of carbonyl (C=O) groups excluding carboxylic acids is 1. The largest absolute Gasteiger partial charge is 0.381 e. The fourth-order valence-electron chi connectivity index (χ4n) is 2.20. The average molecular weight is 226 g/mol. The molecule has 16 heavy (non-hydrogen) atoms. The zero-order valence-electron chi connectivity index (χ0n) is 10.0. The van der Waals surface area contributed by atoms with E-state index in [1.165, 1.54) is 0 Å². The van der Waals surface area contributed by atoms with Crippen molar-refractivity contribution in [3.05, 3.63) is 0 Å². The number of nitrogens with zero attached hydrogens (tertiary/aromatic N) is 1. The number of ether oxygens (including phenoxy) is 1. The molecule has 1 saturated heterocycles. The molecule has 1 saturated carbocycles. The average Bonchev–Trinajstić information content (AvgIpc) is 3.01. The van der Waals surface area contributed by atoms with Crippen molar-refractivity contribution < 1.29 is 9.53 Å². The first-order valence-electron chi connectivity index (χ1n) is 6.36. The molecular weight excluding hydrogens is 204 g/mol. The Kier molecular flexibility index (Phi) is 3.82. The lowest BCUT2D eigenvalue weighted by molar-refractivity contribution is -0.133. The van der Waals surface area contributed by atoms with Gasteiger partial charge in [-0.15, -0.1) is 0 Å². The lowest BCUT2D eigenvalue weighted by Gasteiger charge is -2.27. The van der Waals surface area contributed by atoms with Crippen LogP contribution < -0.4 is 5.73 Å². The second kappa shape index (κ2) is 5.15. The van der Waals surface area contributed by atoms with Crippen LogP contribution in [0, 0.1) is 5.92 Å². The second-order valence-corrected chi connectivity index (χ2v) is 4.97. The molecule has 0 aromatic rings. The Morgan fingerprint density at radius 2 is 2.25 bits per heavy atom. The van der Waals surface area contributed by atoms with Gasteiger partial charge in [-0.2, -0.15) is 0 Å². The zero-order valence-corrected chi connectivity index (χ0v) is 10.0. The molecule has 1 heterocycles. The number of carbonyl (C=O) groups is 1. The van der Waals surface area contributed by atoms with E-state index in [2.05, 4.69) is 0 Å². The van der Waals surface area contributed by atoms with Crippen LogP contribution in [0.2, 0.25) is 0 Å². The van der Waals surface area contributed by atoms with Crippen molar-refractivity contribution in [1.29, 1.82) is 0 Å². The quantitative estimate of drug-likeness (QED) is 0.752. The molecule has 92 valence electrons. The summed E-state index contributed by atoms with van der Waals surface area (Å²) in [6.45, 7) is 4.46. The van der Waals surface area contributed by atoms with Gasteiger partial charge in [0.25, 0.3) is 0 Å². The summed E-state index contributed by atoms with van der Waals surface area (Å²) >= 11 is 0. The van der Waals surface area contributed by atoms with E-state index in [1.807, 2.05) is 11.8 Å². The van der Waals surface area contributed by atoms with Gasteiger partial charge in [0.05, 0.1) is 12.6 Å². The first-order valence-corrected chi connectivity index (χ1v) is 6.36. The summed E-state index contributed by atoms with van der Waals surface area (Å²) in [4.78, 5) is 14.1. The molecule has 2 rings (SSSR count). The minimum absolute atomic E-state index is 0.136. The van der Waals surface area contributed by atoms with E-state index in [0.29, 0.717) is 12.0 Å². The van der Waals surface area contributed by atoms with Gasteiger partial charge in [0.15, 0.2) is 0 Å². The summed E-state index contributed by atoms with van der Waals surface area (Å²) in [5.41, 5.74) is 5.83. The summed E-state index contributed by atoms with van der Waals surface area (Å²) in [7, 11) is 0. The highest BCUT2D eigenvalue weighted by molar-refractivity contribution is 5.82. The molecular formula is C12H22N2O2. The highest BCUT2D eigenvalue weighted by atomic mass is 16.5. The maximum atomic E-state index is 12.1. The van der Waals surface area contributed by atoms with Gasteiger partial charge in [-0.3, -0.25) is 4.79 Å². The molecule has 0 spiro atoms. The van der Waals surface area contributed by atoms with E-state index in [9.17, 15) is 4.79 Å². The second-order valence-electron chi connectivity index (χ2n) is 4.97. The number of rotatable bonds is 5. The topological polar surface area (TPSA) is 55.6 Å². The first-order chi connectivity index (χ1) is 7.72. The third kappa shape index (κ3) is 2.74. The van der Waals surface area contributed by atoms with Crippen LogP contribution in [-0.2, 0) is 9.53 Å². The monoisotopic (exact) mass is 226 g/mol. The van der Waals surface area contributed by atoms with E-state index >= 15 is 0 Å². The third-order valence-corrected chi connectivity index (χ3v) is 3.51. The van der Waals surface area contributed by atoms with Gasteiger partial charge in [-0.25, -0.2) is 0 Å². The van der Waals surface area contributed by atoms with E-state index in [1.54, 1.807) is 0 Å². The molecule has 2 fully saturated rings. The highest BCUT2D eigenvalue weighted by Crippen LogP contribution is 2.29. The standard InChI is InChI=1S/C12H22N2O2/c1-2-11(13)12(15)14(10-3-4-10)7-9-5-6-16-8-9/h9-11H,2-8,13H2,1H3. The Morgan fingerprint density at radius 1 is 1.50 bits per heavy atom. The Labute approximate surface area is 97.1 Å². The zero-order chi connectivity index (χ0) is 11.5. The van der Waals surface area contributed by atoms with Crippen molar-refractivity contribution in [3.8, 4) is 0 Å². The fraction of sp³-hybridized carbons (Fsp3) is 0.917. The number of amides is 1. The van der Waals surface area contributed by atoms with E-state index in [-0.39, 0.29) is 11.9 Å². The van der Waals surface area contributed by atoms with Gasteiger partial charge in [0.1, 0.15) is 0 Å². The molecule has 0 radical (unpaired) electrons. The van der Waals surface area contributed by atoms with Crippen molar-refractivity contribution >= 4 is 5.91 Å². The smallest absolute Gasteiger partial charge is 0.239 e. The molecule has 4 heteroatoms. The fourth-order valence-corrected chi connectivity index (χ4v) is 2.20. The van der Waals surface area contributed by atoms with Crippen LogP contribution in [0.25, 0.3) is 0 Å². The Balaban J connectivity index is 1.91. The Morgan fingerprint density at radius 3 is 2.75 bits per heavy atom. The maximum Gasteiger partial charge on any atom is 0.239 e. The van der Waals surface area contributed by atoms with Crippen LogP contribution in [0.3, 0.4) is 0 Å². The summed E-state index contributed by atoms with van der Waals surface area (Å²) < 4.78 is 5.36. The SMILES string of the molecule is CCC(N)C(=O)N(CC1CCOC1)C1CC1. The van der Waals surface area contributed by atoms with Gasteiger partial charge in [0.2, 0.25) is 5.91 Å². The van der Waals surface area contributed by atoms with Gasteiger partial charge in [-0.05, 0) is 25.7 Å². The van der Waals surface area contributed by atoms with Crippen molar-refractivity contribution in [1.82, 2.24) is 4.90 Å². The third-order valence-electron chi connectivity index (χ3n) is 3.51. The summed E-state index contributed by atoms with van der Waals surface area (Å²) in [6, 6.07) is 0.147. The lowest BCUT2D eigenvalue weighted by atomic mass is 10.1. The summed E-state index contributed by atoms with van der Waals surface area (Å²) in [5.74, 6) is 0.658. The summed E-state index contributed by atoms with van der Waals surface area (Å²) in [6.07, 6.45) is 4.10. The van der Waals surface area contributed by atoms with Gasteiger partial charge < -0.3 is 15.4 Å². The molecule has 2 atom stereocenters. The molecule has 0 bridgehead atoms. The Bertz CT molecular complexity index is 247.